The van der Waals surface area contributed by atoms with Crippen LogP contribution in [0.5, 0.6) is 0 Å². The van der Waals surface area contributed by atoms with E-state index >= 15 is 0 Å². The molecule has 1 aromatic rings. The minimum Gasteiger partial charge on any atom is -0.444 e. The van der Waals surface area contributed by atoms with Gasteiger partial charge >= 0.3 is 0 Å². The van der Waals surface area contributed by atoms with Gasteiger partial charge in [-0.25, -0.2) is 4.98 Å². The fourth-order valence-electron chi connectivity index (χ4n) is 2.38. The molecule has 5 nitrogen and oxygen atoms in total. The molecule has 0 radical (unpaired) electrons. The van der Waals surface area contributed by atoms with E-state index in [1.807, 2.05) is 13.8 Å². The average Bonchev–Trinajstić information content (AvgIpc) is 3.05. The normalized spacial score (nSPS) is 23.2. The summed E-state index contributed by atoms with van der Waals surface area (Å²) in [5.74, 6) is 1.48. The van der Waals surface area contributed by atoms with Gasteiger partial charge in [0.05, 0.1) is 18.3 Å². The van der Waals surface area contributed by atoms with Crippen LogP contribution < -0.4 is 10.6 Å². The van der Waals surface area contributed by atoms with E-state index in [-0.39, 0.29) is 11.4 Å². The topological polar surface area (TPSA) is 67.2 Å². The number of nitrogens with one attached hydrogen (secondary N) is 2. The van der Waals surface area contributed by atoms with Crippen molar-refractivity contribution in [3.8, 4) is 0 Å². The van der Waals surface area contributed by atoms with E-state index in [1.54, 1.807) is 6.20 Å². The summed E-state index contributed by atoms with van der Waals surface area (Å²) < 4.78 is 5.47. The van der Waals surface area contributed by atoms with Crippen molar-refractivity contribution in [1.29, 1.82) is 0 Å². The number of aromatic nitrogens is 1. The van der Waals surface area contributed by atoms with Gasteiger partial charge in [0.15, 0.2) is 0 Å². The highest BCUT2D eigenvalue weighted by Gasteiger charge is 2.38. The van der Waals surface area contributed by atoms with E-state index in [0.717, 1.165) is 38.0 Å². The number of carbonyl (C=O) groups excluding carboxylic acids is 1. The predicted molar refractivity (Wildman–Crippen MR) is 68.0 cm³/mol. The van der Waals surface area contributed by atoms with Crippen LogP contribution >= 0.6 is 0 Å². The third kappa shape index (κ3) is 2.56. The van der Waals surface area contributed by atoms with Gasteiger partial charge in [0.25, 0.3) is 0 Å². The zero-order valence-corrected chi connectivity index (χ0v) is 11.1. The predicted octanol–water partition coefficient (Wildman–Crippen LogP) is 1.39. The molecule has 2 heterocycles. The van der Waals surface area contributed by atoms with Gasteiger partial charge in [-0.05, 0) is 25.8 Å². The quantitative estimate of drug-likeness (QED) is 0.829. The van der Waals surface area contributed by atoms with E-state index in [1.165, 1.54) is 0 Å². The number of rotatable bonds is 5. The lowest BCUT2D eigenvalue weighted by molar-refractivity contribution is -0.127. The Bertz CT molecular complexity index is 408. The molecule has 2 rings (SSSR count). The Hall–Kier alpha value is -1.36. The van der Waals surface area contributed by atoms with Crippen molar-refractivity contribution in [2.75, 3.05) is 6.54 Å². The number of nitrogens with zero attached hydrogens (tertiary/aromatic N) is 1. The first kappa shape index (κ1) is 13.1. The molecule has 0 aliphatic carbocycles. The number of aryl methyl sites for hydroxylation is 1. The highest BCUT2D eigenvalue weighted by Crippen LogP contribution is 2.23. The maximum atomic E-state index is 12.2. The Labute approximate surface area is 107 Å². The van der Waals surface area contributed by atoms with E-state index in [0.29, 0.717) is 12.4 Å². The van der Waals surface area contributed by atoms with Crippen LogP contribution in [0.15, 0.2) is 10.6 Å². The molecule has 1 amide bonds. The van der Waals surface area contributed by atoms with Gasteiger partial charge in [0.1, 0.15) is 5.76 Å². The zero-order chi connectivity index (χ0) is 13.0. The van der Waals surface area contributed by atoms with Crippen molar-refractivity contribution in [3.63, 3.8) is 0 Å². The maximum absolute atomic E-state index is 12.2. The highest BCUT2D eigenvalue weighted by atomic mass is 16.4. The van der Waals surface area contributed by atoms with Gasteiger partial charge in [0, 0.05) is 6.42 Å². The van der Waals surface area contributed by atoms with Crippen LogP contribution in [0.4, 0.5) is 0 Å². The van der Waals surface area contributed by atoms with Gasteiger partial charge in [-0.15, -0.1) is 0 Å². The van der Waals surface area contributed by atoms with Gasteiger partial charge in [-0.1, -0.05) is 13.8 Å². The molecule has 1 unspecified atom stereocenters. The fraction of sp³-hybridized carbons (Fsp3) is 0.692. The van der Waals surface area contributed by atoms with Crippen LogP contribution in [0, 0.1) is 0 Å². The van der Waals surface area contributed by atoms with Crippen LogP contribution in [0.1, 0.15) is 44.8 Å². The molecule has 18 heavy (non-hydrogen) atoms. The minimum absolute atomic E-state index is 0.0544. The standard InChI is InChI=1S/C13H21N3O2/c1-3-10-8-14-11(18-10)9-15-12(17)13(4-2)6-5-7-16-13/h8,16H,3-7,9H2,1-2H3,(H,15,17). The van der Waals surface area contributed by atoms with Gasteiger partial charge < -0.3 is 15.1 Å². The largest absolute Gasteiger partial charge is 0.444 e. The summed E-state index contributed by atoms with van der Waals surface area (Å²) in [5, 5.41) is 6.22. The van der Waals surface area contributed by atoms with Crippen LogP contribution in [0.2, 0.25) is 0 Å². The summed E-state index contributed by atoms with van der Waals surface area (Å²) in [5.41, 5.74) is -0.389. The summed E-state index contributed by atoms with van der Waals surface area (Å²) in [7, 11) is 0. The number of hydrogen-bond acceptors (Lipinski definition) is 4. The summed E-state index contributed by atoms with van der Waals surface area (Å²) in [6.07, 6.45) is 5.30. The lowest BCUT2D eigenvalue weighted by atomic mass is 9.93. The number of hydrogen-bond donors (Lipinski definition) is 2. The Balaban J connectivity index is 1.91. The van der Waals surface area contributed by atoms with Crippen molar-refractivity contribution in [2.45, 2.75) is 51.6 Å². The second-order valence-corrected chi connectivity index (χ2v) is 4.72. The molecule has 1 aliphatic heterocycles. The average molecular weight is 251 g/mol. The Kier molecular flexibility index (Phi) is 4.01. The van der Waals surface area contributed by atoms with Gasteiger partial charge in [-0.2, -0.15) is 0 Å². The third-order valence-corrected chi connectivity index (χ3v) is 3.63. The van der Waals surface area contributed by atoms with Crippen LogP contribution in [0.3, 0.4) is 0 Å². The van der Waals surface area contributed by atoms with Crippen molar-refractivity contribution in [2.24, 2.45) is 0 Å². The first-order valence-electron chi connectivity index (χ1n) is 6.67. The molecule has 1 aliphatic rings. The monoisotopic (exact) mass is 251 g/mol. The molecule has 0 saturated carbocycles. The van der Waals surface area contributed by atoms with E-state index < -0.39 is 0 Å². The van der Waals surface area contributed by atoms with Gasteiger partial charge in [-0.3, -0.25) is 4.79 Å². The van der Waals surface area contributed by atoms with Crippen LogP contribution in [0.25, 0.3) is 0 Å². The number of amides is 1. The van der Waals surface area contributed by atoms with Crippen molar-refractivity contribution >= 4 is 5.91 Å². The van der Waals surface area contributed by atoms with Crippen molar-refractivity contribution in [3.05, 3.63) is 17.8 Å². The Morgan fingerprint density at radius 1 is 1.61 bits per heavy atom. The van der Waals surface area contributed by atoms with Gasteiger partial charge in [0.2, 0.25) is 11.8 Å². The molecule has 0 aromatic carbocycles. The summed E-state index contributed by atoms with van der Waals surface area (Å²) in [6, 6.07) is 0. The maximum Gasteiger partial charge on any atom is 0.240 e. The van der Waals surface area contributed by atoms with Crippen molar-refractivity contribution in [1.82, 2.24) is 15.6 Å². The second-order valence-electron chi connectivity index (χ2n) is 4.72. The molecule has 0 spiro atoms. The lowest BCUT2D eigenvalue weighted by Crippen LogP contribution is -2.52. The number of oxazole rings is 1. The highest BCUT2D eigenvalue weighted by molar-refractivity contribution is 5.86. The molecule has 0 bridgehead atoms. The van der Waals surface area contributed by atoms with Crippen molar-refractivity contribution < 1.29 is 9.21 Å². The Morgan fingerprint density at radius 3 is 3.00 bits per heavy atom. The smallest absolute Gasteiger partial charge is 0.240 e. The Morgan fingerprint density at radius 2 is 2.44 bits per heavy atom. The number of carbonyl (C=O) groups is 1. The molecule has 1 aromatic heterocycles. The first-order valence-corrected chi connectivity index (χ1v) is 6.67. The summed E-state index contributed by atoms with van der Waals surface area (Å²) >= 11 is 0. The summed E-state index contributed by atoms with van der Waals surface area (Å²) in [6.45, 7) is 5.33. The molecule has 1 atom stereocenters. The minimum atomic E-state index is -0.389. The van der Waals surface area contributed by atoms with Crippen LogP contribution in [-0.4, -0.2) is 23.0 Å². The van der Waals surface area contributed by atoms with E-state index in [2.05, 4.69) is 15.6 Å². The van der Waals surface area contributed by atoms with Crippen LogP contribution in [-0.2, 0) is 17.8 Å². The van der Waals surface area contributed by atoms with E-state index in [9.17, 15) is 4.79 Å². The molecule has 1 fully saturated rings. The molecule has 2 N–H and O–H groups in total. The SMILES string of the molecule is CCc1cnc(CNC(=O)C2(CC)CCCN2)o1. The zero-order valence-electron chi connectivity index (χ0n) is 11.1. The molecular formula is C13H21N3O2. The second kappa shape index (κ2) is 5.52. The summed E-state index contributed by atoms with van der Waals surface area (Å²) in [4.78, 5) is 16.3. The lowest BCUT2D eigenvalue weighted by Gasteiger charge is -2.26. The third-order valence-electron chi connectivity index (χ3n) is 3.63. The van der Waals surface area contributed by atoms with E-state index in [4.69, 9.17) is 4.42 Å². The molecule has 5 heteroatoms. The first-order chi connectivity index (χ1) is 8.70. The molecular weight excluding hydrogens is 230 g/mol. The molecule has 1 saturated heterocycles. The molecule has 100 valence electrons. The fourth-order valence-corrected chi connectivity index (χ4v) is 2.38.